The predicted molar refractivity (Wildman–Crippen MR) is 81.3 cm³/mol. The van der Waals surface area contributed by atoms with Crippen molar-refractivity contribution in [3.8, 4) is 0 Å². The van der Waals surface area contributed by atoms with Crippen LogP contribution in [-0.4, -0.2) is 33.1 Å². The van der Waals surface area contributed by atoms with Crippen molar-refractivity contribution in [2.24, 2.45) is 0 Å². The van der Waals surface area contributed by atoms with Gasteiger partial charge >= 0.3 is 0 Å². The number of sulfonamides is 1. The first-order valence-electron chi connectivity index (χ1n) is 7.52. The molecule has 0 amide bonds. The van der Waals surface area contributed by atoms with Crippen LogP contribution in [0.2, 0.25) is 0 Å². The average Bonchev–Trinajstić information content (AvgIpc) is 2.72. The fraction of sp³-hybridized carbons (Fsp3) is 0.714. The van der Waals surface area contributed by atoms with Crippen LogP contribution in [0, 0.1) is 13.8 Å². The molecule has 6 nitrogen and oxygen atoms in total. The van der Waals surface area contributed by atoms with Gasteiger partial charge in [-0.05, 0) is 33.2 Å². The van der Waals surface area contributed by atoms with Crippen molar-refractivity contribution in [3.05, 3.63) is 17.1 Å². The summed E-state index contributed by atoms with van der Waals surface area (Å²) < 4.78 is 30.9. The van der Waals surface area contributed by atoms with Gasteiger partial charge in [-0.15, -0.1) is 4.83 Å². The van der Waals surface area contributed by atoms with Gasteiger partial charge in [0.25, 0.3) is 10.0 Å². The van der Waals surface area contributed by atoms with E-state index in [0.717, 1.165) is 44.5 Å². The van der Waals surface area contributed by atoms with E-state index < -0.39 is 10.0 Å². The standard InChI is InChI=1S/C14H25N3O3S/c1-4-15-10-13-11(2)20-12(3)14(13)21(18,19)16-17-8-6-5-7-9-17/h15-16H,4-10H2,1-3H3. The van der Waals surface area contributed by atoms with Crippen LogP contribution in [0.5, 0.6) is 0 Å². The fourth-order valence-electron chi connectivity index (χ4n) is 2.72. The molecule has 2 rings (SSSR count). The first kappa shape index (κ1) is 16.5. The van der Waals surface area contributed by atoms with Gasteiger partial charge in [0, 0.05) is 25.2 Å². The summed E-state index contributed by atoms with van der Waals surface area (Å²) >= 11 is 0. The van der Waals surface area contributed by atoms with Crippen molar-refractivity contribution >= 4 is 10.0 Å². The number of nitrogens with zero attached hydrogens (tertiary/aromatic N) is 1. The number of piperidine rings is 1. The molecule has 1 fully saturated rings. The van der Waals surface area contributed by atoms with Crippen LogP contribution in [0.1, 0.15) is 43.3 Å². The van der Waals surface area contributed by atoms with Crippen molar-refractivity contribution < 1.29 is 12.8 Å². The van der Waals surface area contributed by atoms with Crippen LogP contribution >= 0.6 is 0 Å². The number of rotatable bonds is 6. The van der Waals surface area contributed by atoms with Crippen LogP contribution in [0.3, 0.4) is 0 Å². The smallest absolute Gasteiger partial charge is 0.257 e. The molecule has 0 spiro atoms. The van der Waals surface area contributed by atoms with Gasteiger partial charge in [0.05, 0.1) is 0 Å². The summed E-state index contributed by atoms with van der Waals surface area (Å²) in [7, 11) is -3.59. The van der Waals surface area contributed by atoms with E-state index in [4.69, 9.17) is 4.42 Å². The van der Waals surface area contributed by atoms with E-state index in [1.807, 2.05) is 6.92 Å². The van der Waals surface area contributed by atoms with Gasteiger partial charge in [-0.25, -0.2) is 13.4 Å². The Kier molecular flexibility index (Phi) is 5.43. The van der Waals surface area contributed by atoms with E-state index in [1.54, 1.807) is 18.9 Å². The van der Waals surface area contributed by atoms with Gasteiger partial charge in [0.1, 0.15) is 16.4 Å². The third-order valence-corrected chi connectivity index (χ3v) is 5.32. The monoisotopic (exact) mass is 315 g/mol. The molecule has 21 heavy (non-hydrogen) atoms. The molecule has 1 saturated heterocycles. The molecule has 0 aliphatic carbocycles. The van der Waals surface area contributed by atoms with E-state index in [1.165, 1.54) is 0 Å². The minimum Gasteiger partial charge on any atom is -0.465 e. The van der Waals surface area contributed by atoms with Gasteiger partial charge in [0.15, 0.2) is 0 Å². The van der Waals surface area contributed by atoms with Crippen LogP contribution in [0.25, 0.3) is 0 Å². The highest BCUT2D eigenvalue weighted by atomic mass is 32.2. The van der Waals surface area contributed by atoms with E-state index in [0.29, 0.717) is 18.1 Å². The zero-order valence-electron chi connectivity index (χ0n) is 13.0. The van der Waals surface area contributed by atoms with Gasteiger partial charge in [-0.1, -0.05) is 13.3 Å². The van der Waals surface area contributed by atoms with Gasteiger partial charge in [0.2, 0.25) is 0 Å². The van der Waals surface area contributed by atoms with E-state index >= 15 is 0 Å². The minimum absolute atomic E-state index is 0.284. The summed E-state index contributed by atoms with van der Waals surface area (Å²) in [5, 5.41) is 4.96. The number of furan rings is 1. The van der Waals surface area contributed by atoms with Crippen molar-refractivity contribution in [2.45, 2.75) is 51.5 Å². The molecular formula is C14H25N3O3S. The Morgan fingerprint density at radius 3 is 2.43 bits per heavy atom. The second-order valence-corrected chi connectivity index (χ2v) is 7.04. The highest BCUT2D eigenvalue weighted by molar-refractivity contribution is 7.89. The molecule has 1 aromatic rings. The summed E-state index contributed by atoms with van der Waals surface area (Å²) in [6.45, 7) is 8.29. The third kappa shape index (κ3) is 3.85. The lowest BCUT2D eigenvalue weighted by atomic mass is 10.2. The molecule has 1 aromatic heterocycles. The second-order valence-electron chi connectivity index (χ2n) is 5.44. The van der Waals surface area contributed by atoms with Gasteiger partial charge < -0.3 is 9.73 Å². The van der Waals surface area contributed by atoms with E-state index in [9.17, 15) is 8.42 Å². The maximum atomic E-state index is 12.7. The first-order valence-corrected chi connectivity index (χ1v) is 9.01. The maximum Gasteiger partial charge on any atom is 0.257 e. The Balaban J connectivity index is 2.25. The molecule has 0 unspecified atom stereocenters. The van der Waals surface area contributed by atoms with Crippen LogP contribution < -0.4 is 10.1 Å². The van der Waals surface area contributed by atoms with E-state index in [-0.39, 0.29) is 4.90 Å². The number of hydrazine groups is 1. The third-order valence-electron chi connectivity index (χ3n) is 3.75. The van der Waals surface area contributed by atoms with Crippen LogP contribution in [0.4, 0.5) is 0 Å². The van der Waals surface area contributed by atoms with Crippen LogP contribution in [0.15, 0.2) is 9.31 Å². The van der Waals surface area contributed by atoms with Crippen molar-refractivity contribution in [2.75, 3.05) is 19.6 Å². The Bertz CT molecular complexity index is 575. The van der Waals surface area contributed by atoms with E-state index in [2.05, 4.69) is 10.1 Å². The summed E-state index contributed by atoms with van der Waals surface area (Å²) in [4.78, 5) is 2.98. The summed E-state index contributed by atoms with van der Waals surface area (Å²) in [6, 6.07) is 0. The highest BCUT2D eigenvalue weighted by Crippen LogP contribution is 2.26. The Labute approximate surface area is 126 Å². The molecule has 2 N–H and O–H groups in total. The van der Waals surface area contributed by atoms with Crippen molar-refractivity contribution in [1.82, 2.24) is 15.2 Å². The molecule has 0 saturated carbocycles. The molecule has 120 valence electrons. The quantitative estimate of drug-likeness (QED) is 0.835. The summed E-state index contributed by atoms with van der Waals surface area (Å²) in [5.74, 6) is 1.11. The molecule has 0 bridgehead atoms. The topological polar surface area (TPSA) is 74.6 Å². The SMILES string of the molecule is CCNCc1c(C)oc(C)c1S(=O)(=O)NN1CCCCC1. The van der Waals surface area contributed by atoms with Crippen molar-refractivity contribution in [1.29, 1.82) is 0 Å². The lowest BCUT2D eigenvalue weighted by molar-refractivity contribution is 0.199. The second kappa shape index (κ2) is 6.91. The largest absolute Gasteiger partial charge is 0.465 e. The summed E-state index contributed by atoms with van der Waals surface area (Å²) in [6.07, 6.45) is 3.21. The highest BCUT2D eigenvalue weighted by Gasteiger charge is 2.28. The molecule has 1 aliphatic heterocycles. The Hall–Kier alpha value is -0.890. The molecule has 7 heteroatoms. The zero-order chi connectivity index (χ0) is 15.5. The van der Waals surface area contributed by atoms with Crippen LogP contribution in [-0.2, 0) is 16.6 Å². The summed E-state index contributed by atoms with van der Waals surface area (Å²) in [5.41, 5.74) is 0.721. The average molecular weight is 315 g/mol. The molecule has 0 atom stereocenters. The fourth-order valence-corrected chi connectivity index (χ4v) is 4.29. The molecule has 1 aliphatic rings. The number of hydrogen-bond acceptors (Lipinski definition) is 5. The zero-order valence-corrected chi connectivity index (χ0v) is 13.8. The normalized spacial score (nSPS) is 17.3. The minimum atomic E-state index is -3.59. The maximum absolute atomic E-state index is 12.7. The molecular weight excluding hydrogens is 290 g/mol. The molecule has 0 aromatic carbocycles. The Morgan fingerprint density at radius 2 is 1.81 bits per heavy atom. The van der Waals surface area contributed by atoms with Gasteiger partial charge in [-0.2, -0.15) is 0 Å². The Morgan fingerprint density at radius 1 is 1.14 bits per heavy atom. The molecule has 0 radical (unpaired) electrons. The predicted octanol–water partition coefficient (Wildman–Crippen LogP) is 1.69. The lowest BCUT2D eigenvalue weighted by Crippen LogP contribution is -2.45. The number of aryl methyl sites for hydroxylation is 2. The van der Waals surface area contributed by atoms with Gasteiger partial charge in [-0.3, -0.25) is 0 Å². The van der Waals surface area contributed by atoms with Crippen molar-refractivity contribution in [3.63, 3.8) is 0 Å². The lowest BCUT2D eigenvalue weighted by Gasteiger charge is -2.26. The molecule has 2 heterocycles. The number of nitrogens with one attached hydrogen (secondary N) is 2. The number of hydrogen-bond donors (Lipinski definition) is 2. The first-order chi connectivity index (χ1) is 9.95.